The lowest BCUT2D eigenvalue weighted by Crippen LogP contribution is -2.34. The number of aliphatic carboxylic acids is 1. The maximum Gasteiger partial charge on any atom is 0.305 e. The van der Waals surface area contributed by atoms with Crippen molar-refractivity contribution in [2.45, 2.75) is 32.7 Å². The van der Waals surface area contributed by atoms with E-state index in [4.69, 9.17) is 9.84 Å². The highest BCUT2D eigenvalue weighted by atomic mass is 16.5. The van der Waals surface area contributed by atoms with Crippen molar-refractivity contribution in [2.75, 3.05) is 6.61 Å². The molecule has 25 heavy (non-hydrogen) atoms. The van der Waals surface area contributed by atoms with Crippen LogP contribution in [0.4, 0.5) is 0 Å². The lowest BCUT2D eigenvalue weighted by atomic mass is 9.99. The maximum absolute atomic E-state index is 12.3. The Labute approximate surface area is 147 Å². The van der Waals surface area contributed by atoms with Crippen molar-refractivity contribution in [3.8, 4) is 5.75 Å². The predicted octanol–water partition coefficient (Wildman–Crippen LogP) is 3.27. The number of carboxylic acids is 1. The van der Waals surface area contributed by atoms with E-state index in [1.807, 2.05) is 62.4 Å². The fourth-order valence-electron chi connectivity index (χ4n) is 2.71. The van der Waals surface area contributed by atoms with Crippen LogP contribution in [0.1, 0.15) is 36.1 Å². The van der Waals surface area contributed by atoms with E-state index in [1.165, 1.54) is 0 Å². The molecule has 0 radical (unpaired) electrons. The Kier molecular flexibility index (Phi) is 6.57. The molecule has 1 unspecified atom stereocenters. The molecule has 5 nitrogen and oxygen atoms in total. The van der Waals surface area contributed by atoms with Gasteiger partial charge >= 0.3 is 5.97 Å². The first-order chi connectivity index (χ1) is 12.0. The van der Waals surface area contributed by atoms with Gasteiger partial charge in [0.1, 0.15) is 5.75 Å². The third kappa shape index (κ3) is 5.35. The van der Waals surface area contributed by atoms with Crippen molar-refractivity contribution in [2.24, 2.45) is 0 Å². The molecule has 0 aromatic heterocycles. The SMILES string of the molecule is CCc1ccccc1OCC(=O)NC(CC(=O)O)c1ccccc1C. The molecule has 2 aromatic carbocycles. The average molecular weight is 341 g/mol. The summed E-state index contributed by atoms with van der Waals surface area (Å²) in [4.78, 5) is 23.4. The summed E-state index contributed by atoms with van der Waals surface area (Å²) in [7, 11) is 0. The quantitative estimate of drug-likeness (QED) is 0.773. The summed E-state index contributed by atoms with van der Waals surface area (Å²) in [6.07, 6.45) is 0.630. The second-order valence-electron chi connectivity index (χ2n) is 5.82. The Bertz CT molecular complexity index is 742. The molecule has 0 heterocycles. The first-order valence-corrected chi connectivity index (χ1v) is 8.28. The van der Waals surface area contributed by atoms with Crippen molar-refractivity contribution in [1.82, 2.24) is 5.32 Å². The molecular formula is C20H23NO4. The van der Waals surface area contributed by atoms with Crippen LogP contribution in [0.2, 0.25) is 0 Å². The van der Waals surface area contributed by atoms with Crippen molar-refractivity contribution >= 4 is 11.9 Å². The van der Waals surface area contributed by atoms with Gasteiger partial charge in [0.25, 0.3) is 5.91 Å². The minimum Gasteiger partial charge on any atom is -0.483 e. The average Bonchev–Trinajstić information content (AvgIpc) is 2.59. The molecule has 5 heteroatoms. The maximum atomic E-state index is 12.3. The highest BCUT2D eigenvalue weighted by Gasteiger charge is 2.20. The lowest BCUT2D eigenvalue weighted by Gasteiger charge is -2.20. The third-order valence-corrected chi connectivity index (χ3v) is 3.99. The number of benzene rings is 2. The molecule has 2 aromatic rings. The molecule has 0 aliphatic rings. The lowest BCUT2D eigenvalue weighted by molar-refractivity contribution is -0.137. The number of hydrogen-bond donors (Lipinski definition) is 2. The fraction of sp³-hybridized carbons (Fsp3) is 0.300. The third-order valence-electron chi connectivity index (χ3n) is 3.99. The van der Waals surface area contributed by atoms with E-state index < -0.39 is 12.0 Å². The van der Waals surface area contributed by atoms with Crippen LogP contribution in [0.3, 0.4) is 0 Å². The second kappa shape index (κ2) is 8.87. The monoisotopic (exact) mass is 341 g/mol. The number of ether oxygens (including phenoxy) is 1. The molecule has 0 aliphatic heterocycles. The molecular weight excluding hydrogens is 318 g/mol. The van der Waals surface area contributed by atoms with Gasteiger partial charge in [-0.25, -0.2) is 0 Å². The summed E-state index contributed by atoms with van der Waals surface area (Å²) in [6, 6.07) is 14.4. The Morgan fingerprint density at radius 2 is 1.80 bits per heavy atom. The Morgan fingerprint density at radius 1 is 1.12 bits per heavy atom. The van der Waals surface area contributed by atoms with Crippen LogP contribution >= 0.6 is 0 Å². The molecule has 132 valence electrons. The van der Waals surface area contributed by atoms with Gasteiger partial charge in [-0.15, -0.1) is 0 Å². The Hall–Kier alpha value is -2.82. The zero-order chi connectivity index (χ0) is 18.2. The zero-order valence-electron chi connectivity index (χ0n) is 14.5. The molecule has 0 saturated carbocycles. The molecule has 0 fully saturated rings. The van der Waals surface area contributed by atoms with Crippen molar-refractivity contribution in [3.63, 3.8) is 0 Å². The molecule has 2 N–H and O–H groups in total. The van der Waals surface area contributed by atoms with Crippen LogP contribution in [-0.2, 0) is 16.0 Å². The molecule has 1 amide bonds. The van der Waals surface area contributed by atoms with E-state index in [9.17, 15) is 9.59 Å². The van der Waals surface area contributed by atoms with Crippen LogP contribution in [-0.4, -0.2) is 23.6 Å². The normalized spacial score (nSPS) is 11.6. The minimum atomic E-state index is -0.967. The summed E-state index contributed by atoms with van der Waals surface area (Å²) in [5.74, 6) is -0.642. The van der Waals surface area contributed by atoms with Gasteiger partial charge in [-0.05, 0) is 36.1 Å². The molecule has 0 saturated heterocycles. The van der Waals surface area contributed by atoms with Gasteiger partial charge in [-0.2, -0.15) is 0 Å². The van der Waals surface area contributed by atoms with Gasteiger partial charge in [-0.3, -0.25) is 9.59 Å². The van der Waals surface area contributed by atoms with Crippen LogP contribution in [0, 0.1) is 6.92 Å². The van der Waals surface area contributed by atoms with Crippen LogP contribution in [0.25, 0.3) is 0 Å². The minimum absolute atomic E-state index is 0.154. The van der Waals surface area contributed by atoms with Gasteiger partial charge in [0.05, 0.1) is 12.5 Å². The highest BCUT2D eigenvalue weighted by Crippen LogP contribution is 2.21. The molecule has 0 spiro atoms. The van der Waals surface area contributed by atoms with Crippen LogP contribution in [0.15, 0.2) is 48.5 Å². The number of para-hydroxylation sites is 1. The number of carbonyl (C=O) groups is 2. The number of amides is 1. The topological polar surface area (TPSA) is 75.6 Å². The number of carboxylic acid groups (broad SMARTS) is 1. The first kappa shape index (κ1) is 18.5. The number of nitrogens with one attached hydrogen (secondary N) is 1. The number of rotatable bonds is 8. The zero-order valence-corrected chi connectivity index (χ0v) is 14.5. The number of carbonyl (C=O) groups excluding carboxylic acids is 1. The van der Waals surface area contributed by atoms with Gasteiger partial charge in [0, 0.05) is 0 Å². The van der Waals surface area contributed by atoms with Gasteiger partial charge in [0.15, 0.2) is 6.61 Å². The van der Waals surface area contributed by atoms with Gasteiger partial charge < -0.3 is 15.2 Å². The van der Waals surface area contributed by atoms with E-state index in [0.717, 1.165) is 23.1 Å². The van der Waals surface area contributed by atoms with Crippen molar-refractivity contribution in [3.05, 3.63) is 65.2 Å². The van der Waals surface area contributed by atoms with Gasteiger partial charge in [0.2, 0.25) is 0 Å². The van der Waals surface area contributed by atoms with E-state index in [0.29, 0.717) is 5.75 Å². The fourth-order valence-corrected chi connectivity index (χ4v) is 2.71. The number of hydrogen-bond acceptors (Lipinski definition) is 3. The Balaban J connectivity index is 2.04. The number of aryl methyl sites for hydroxylation is 2. The van der Waals surface area contributed by atoms with Gasteiger partial charge in [-0.1, -0.05) is 49.4 Å². The highest BCUT2D eigenvalue weighted by molar-refractivity contribution is 5.79. The van der Waals surface area contributed by atoms with Crippen LogP contribution in [0.5, 0.6) is 5.75 Å². The largest absolute Gasteiger partial charge is 0.483 e. The Morgan fingerprint density at radius 3 is 2.48 bits per heavy atom. The predicted molar refractivity (Wildman–Crippen MR) is 95.6 cm³/mol. The van der Waals surface area contributed by atoms with E-state index >= 15 is 0 Å². The first-order valence-electron chi connectivity index (χ1n) is 8.28. The van der Waals surface area contributed by atoms with Crippen LogP contribution < -0.4 is 10.1 Å². The van der Waals surface area contributed by atoms with E-state index in [2.05, 4.69) is 5.32 Å². The second-order valence-corrected chi connectivity index (χ2v) is 5.82. The summed E-state index contributed by atoms with van der Waals surface area (Å²) in [6.45, 7) is 3.76. The molecule has 2 rings (SSSR count). The van der Waals surface area contributed by atoms with Crippen molar-refractivity contribution in [1.29, 1.82) is 0 Å². The standard InChI is InChI=1S/C20H23NO4/c1-3-15-9-5-7-11-18(15)25-13-19(22)21-17(12-20(23)24)16-10-6-4-8-14(16)2/h4-11,17H,3,12-13H2,1-2H3,(H,21,22)(H,23,24). The molecule has 0 aliphatic carbocycles. The molecule has 0 bridgehead atoms. The van der Waals surface area contributed by atoms with Crippen molar-refractivity contribution < 1.29 is 19.4 Å². The summed E-state index contributed by atoms with van der Waals surface area (Å²) < 4.78 is 5.60. The smallest absolute Gasteiger partial charge is 0.305 e. The van der Waals surface area contributed by atoms with E-state index in [-0.39, 0.29) is 18.9 Å². The summed E-state index contributed by atoms with van der Waals surface area (Å²) >= 11 is 0. The summed E-state index contributed by atoms with van der Waals surface area (Å²) in [5.41, 5.74) is 2.76. The van der Waals surface area contributed by atoms with E-state index in [1.54, 1.807) is 0 Å². The summed E-state index contributed by atoms with van der Waals surface area (Å²) in [5, 5.41) is 11.9. The molecule has 1 atom stereocenters.